The van der Waals surface area contributed by atoms with Gasteiger partial charge in [0.2, 0.25) is 0 Å². The Labute approximate surface area is 121 Å². The molecule has 0 amide bonds. The van der Waals surface area contributed by atoms with Crippen LogP contribution in [0, 0.1) is 0 Å². The summed E-state index contributed by atoms with van der Waals surface area (Å²) < 4.78 is 11.9. The molecule has 0 aliphatic carbocycles. The van der Waals surface area contributed by atoms with E-state index in [2.05, 4.69) is 4.98 Å². The van der Waals surface area contributed by atoms with Gasteiger partial charge in [-0.1, -0.05) is 18.1 Å². The van der Waals surface area contributed by atoms with Gasteiger partial charge in [0.15, 0.2) is 0 Å². The number of nitrogens with two attached hydrogens (primary N) is 1. The molecule has 108 valence electrons. The fourth-order valence-corrected chi connectivity index (χ4v) is 2.10. The molecule has 1 aromatic rings. The first kappa shape index (κ1) is 15.2. The fourth-order valence-electron chi connectivity index (χ4n) is 2.10. The van der Waals surface area contributed by atoms with Crippen LogP contribution in [0.3, 0.4) is 0 Å². The van der Waals surface area contributed by atoms with Crippen LogP contribution in [-0.2, 0) is 9.31 Å². The highest BCUT2D eigenvalue weighted by molar-refractivity contribution is 6.52. The lowest BCUT2D eigenvalue weighted by Gasteiger charge is -2.32. The Morgan fingerprint density at radius 1 is 1.25 bits per heavy atom. The number of hydrogen-bond donors (Lipinski definition) is 1. The molecule has 1 aliphatic heterocycles. The van der Waals surface area contributed by atoms with Crippen molar-refractivity contribution in [3.05, 3.63) is 35.6 Å². The molecular formula is C15H23BN2O2. The molecule has 4 nitrogen and oxygen atoms in total. The smallest absolute Gasteiger partial charge is 0.400 e. The van der Waals surface area contributed by atoms with Crippen molar-refractivity contribution >= 4 is 13.2 Å². The lowest BCUT2D eigenvalue weighted by atomic mass is 9.88. The maximum atomic E-state index is 5.93. The monoisotopic (exact) mass is 274 g/mol. The van der Waals surface area contributed by atoms with Crippen LogP contribution < -0.4 is 5.73 Å². The highest BCUT2D eigenvalue weighted by atomic mass is 16.7. The quantitative estimate of drug-likeness (QED) is 0.861. The molecule has 1 saturated heterocycles. The van der Waals surface area contributed by atoms with E-state index in [0.717, 1.165) is 11.3 Å². The molecule has 0 bridgehead atoms. The van der Waals surface area contributed by atoms with Gasteiger partial charge in [-0.3, -0.25) is 4.98 Å². The third kappa shape index (κ3) is 2.95. The maximum Gasteiger partial charge on any atom is 0.487 e. The van der Waals surface area contributed by atoms with Gasteiger partial charge in [-0.05, 0) is 46.2 Å². The first-order chi connectivity index (χ1) is 9.23. The van der Waals surface area contributed by atoms with E-state index in [9.17, 15) is 0 Å². The highest BCUT2D eigenvalue weighted by Gasteiger charge is 2.49. The summed E-state index contributed by atoms with van der Waals surface area (Å²) in [7, 11) is -0.346. The number of rotatable bonds is 3. The van der Waals surface area contributed by atoms with Crippen LogP contribution in [0.5, 0.6) is 0 Å². The largest absolute Gasteiger partial charge is 0.487 e. The van der Waals surface area contributed by atoms with Crippen LogP contribution in [-0.4, -0.2) is 23.3 Å². The SMILES string of the molecule is CC(N)c1ncccc1/C=C/B1OC(C)(C)C(C)(C)O1. The van der Waals surface area contributed by atoms with Crippen molar-refractivity contribution in [3.63, 3.8) is 0 Å². The van der Waals surface area contributed by atoms with E-state index in [4.69, 9.17) is 15.0 Å². The van der Waals surface area contributed by atoms with E-state index in [1.807, 2.05) is 58.8 Å². The predicted octanol–water partition coefficient (Wildman–Crippen LogP) is 2.75. The molecular weight excluding hydrogens is 251 g/mol. The lowest BCUT2D eigenvalue weighted by molar-refractivity contribution is 0.00578. The summed E-state index contributed by atoms with van der Waals surface area (Å²) in [6.45, 7) is 10.1. The summed E-state index contributed by atoms with van der Waals surface area (Å²) >= 11 is 0. The summed E-state index contributed by atoms with van der Waals surface area (Å²) in [5.74, 6) is 1.92. The Bertz CT molecular complexity index is 496. The Morgan fingerprint density at radius 3 is 2.40 bits per heavy atom. The Balaban J connectivity index is 2.16. The molecule has 2 N–H and O–H groups in total. The standard InChI is InChI=1S/C15H23BN2O2/c1-11(17)13-12(7-6-10-18-13)8-9-16-19-14(2,3)15(4,5)20-16/h6-11H,17H2,1-5H3/b9-8+. The molecule has 0 aromatic carbocycles. The maximum absolute atomic E-state index is 5.93. The highest BCUT2D eigenvalue weighted by Crippen LogP contribution is 2.37. The van der Waals surface area contributed by atoms with Crippen LogP contribution >= 0.6 is 0 Å². The minimum Gasteiger partial charge on any atom is -0.400 e. The van der Waals surface area contributed by atoms with Crippen LogP contribution in [0.2, 0.25) is 0 Å². The molecule has 1 fully saturated rings. The van der Waals surface area contributed by atoms with Crippen molar-refractivity contribution in [2.75, 3.05) is 0 Å². The molecule has 0 radical (unpaired) electrons. The third-order valence-electron chi connectivity index (χ3n) is 4.01. The van der Waals surface area contributed by atoms with Gasteiger partial charge in [-0.2, -0.15) is 0 Å². The summed E-state index contributed by atoms with van der Waals surface area (Å²) in [5, 5.41) is 0. The predicted molar refractivity (Wildman–Crippen MR) is 82.0 cm³/mol. The van der Waals surface area contributed by atoms with Gasteiger partial charge in [0.05, 0.1) is 16.9 Å². The number of pyridine rings is 1. The first-order valence-electron chi connectivity index (χ1n) is 6.97. The van der Waals surface area contributed by atoms with Gasteiger partial charge < -0.3 is 15.0 Å². The average Bonchev–Trinajstić information content (AvgIpc) is 2.55. The van der Waals surface area contributed by atoms with E-state index in [0.29, 0.717) is 0 Å². The van der Waals surface area contributed by atoms with Gasteiger partial charge in [0, 0.05) is 12.2 Å². The second-order valence-electron chi connectivity index (χ2n) is 6.25. The molecule has 2 heterocycles. The number of hydrogen-bond acceptors (Lipinski definition) is 4. The van der Waals surface area contributed by atoms with E-state index < -0.39 is 0 Å². The summed E-state index contributed by atoms with van der Waals surface area (Å²) in [6.07, 6.45) is 3.72. The molecule has 0 saturated carbocycles. The van der Waals surface area contributed by atoms with Gasteiger partial charge >= 0.3 is 7.12 Å². The topological polar surface area (TPSA) is 57.4 Å². The second-order valence-corrected chi connectivity index (χ2v) is 6.25. The molecule has 1 aliphatic rings. The van der Waals surface area contributed by atoms with Crippen LogP contribution in [0.25, 0.3) is 6.08 Å². The first-order valence-corrected chi connectivity index (χ1v) is 6.97. The van der Waals surface area contributed by atoms with Crippen LogP contribution in [0.1, 0.15) is 51.9 Å². The van der Waals surface area contributed by atoms with Crippen molar-refractivity contribution in [2.24, 2.45) is 5.73 Å². The summed E-state index contributed by atoms with van der Waals surface area (Å²) in [5.41, 5.74) is 7.16. The van der Waals surface area contributed by atoms with E-state index >= 15 is 0 Å². The summed E-state index contributed by atoms with van der Waals surface area (Å²) in [6, 6.07) is 3.79. The van der Waals surface area contributed by atoms with Gasteiger partial charge in [-0.25, -0.2) is 0 Å². The van der Waals surface area contributed by atoms with Crippen molar-refractivity contribution < 1.29 is 9.31 Å². The van der Waals surface area contributed by atoms with Gasteiger partial charge in [0.25, 0.3) is 0 Å². The minimum absolute atomic E-state index is 0.103. The van der Waals surface area contributed by atoms with Crippen LogP contribution in [0.4, 0.5) is 0 Å². The molecule has 1 aromatic heterocycles. The van der Waals surface area contributed by atoms with E-state index in [1.54, 1.807) is 6.20 Å². The average molecular weight is 274 g/mol. The van der Waals surface area contributed by atoms with Crippen molar-refractivity contribution in [1.82, 2.24) is 4.98 Å². The molecule has 0 spiro atoms. The van der Waals surface area contributed by atoms with Crippen molar-refractivity contribution in [1.29, 1.82) is 0 Å². The molecule has 20 heavy (non-hydrogen) atoms. The van der Waals surface area contributed by atoms with Gasteiger partial charge in [0.1, 0.15) is 0 Å². The zero-order valence-electron chi connectivity index (χ0n) is 12.9. The van der Waals surface area contributed by atoms with Crippen molar-refractivity contribution in [3.8, 4) is 0 Å². The fraction of sp³-hybridized carbons (Fsp3) is 0.533. The Morgan fingerprint density at radius 2 is 1.85 bits per heavy atom. The second kappa shape index (κ2) is 5.32. The van der Waals surface area contributed by atoms with E-state index in [-0.39, 0.29) is 24.4 Å². The zero-order valence-corrected chi connectivity index (χ0v) is 12.9. The van der Waals surface area contributed by atoms with Crippen LogP contribution in [0.15, 0.2) is 24.3 Å². The third-order valence-corrected chi connectivity index (χ3v) is 4.01. The number of nitrogens with zero attached hydrogens (tertiary/aromatic N) is 1. The Kier molecular flexibility index (Phi) is 4.05. The minimum atomic E-state index is -0.346. The molecule has 1 unspecified atom stereocenters. The molecule has 5 heteroatoms. The Hall–Kier alpha value is -1.17. The molecule has 1 atom stereocenters. The number of aromatic nitrogens is 1. The summed E-state index contributed by atoms with van der Waals surface area (Å²) in [4.78, 5) is 4.32. The van der Waals surface area contributed by atoms with Gasteiger partial charge in [-0.15, -0.1) is 0 Å². The molecule has 2 rings (SSSR count). The van der Waals surface area contributed by atoms with E-state index in [1.165, 1.54) is 0 Å². The van der Waals surface area contributed by atoms with Crippen molar-refractivity contribution in [2.45, 2.75) is 51.9 Å². The normalized spacial score (nSPS) is 22.4. The zero-order chi connectivity index (χ0) is 15.0. The lowest BCUT2D eigenvalue weighted by Crippen LogP contribution is -2.41.